The molecule has 0 aliphatic heterocycles. The van der Waals surface area contributed by atoms with Gasteiger partial charge in [0.25, 0.3) is 5.91 Å². The van der Waals surface area contributed by atoms with E-state index in [0.29, 0.717) is 10.2 Å². The molecule has 3 aromatic rings. The van der Waals surface area contributed by atoms with Gasteiger partial charge in [0.15, 0.2) is 5.09 Å². The summed E-state index contributed by atoms with van der Waals surface area (Å²) in [4.78, 5) is 13.1. The first-order chi connectivity index (χ1) is 12.1. The van der Waals surface area contributed by atoms with E-state index in [1.165, 1.54) is 30.1 Å². The Bertz CT molecular complexity index is 910. The van der Waals surface area contributed by atoms with E-state index >= 15 is 0 Å². The monoisotopic (exact) mass is 416 g/mol. The number of phenols is 1. The van der Waals surface area contributed by atoms with Crippen LogP contribution in [0.15, 0.2) is 84.6 Å². The summed E-state index contributed by atoms with van der Waals surface area (Å²) in [6.45, 7) is 0. The van der Waals surface area contributed by atoms with Gasteiger partial charge in [-0.25, -0.2) is 5.43 Å². The van der Waals surface area contributed by atoms with Crippen molar-refractivity contribution in [1.82, 2.24) is 5.43 Å². The van der Waals surface area contributed by atoms with Crippen LogP contribution in [0.4, 0.5) is 0 Å². The molecule has 0 atom stereocenters. The average Bonchev–Trinajstić information content (AvgIpc) is 3.05. The standard InChI is InChI=1S/C18H13BrN2O3S/c19-12-6-8-16(22)15(10-12)18(23)21-20-11-13-7-9-17(24-13)25-14-4-2-1-3-5-14/h1-11,22H,(H,21,23)/b20-11-. The molecule has 7 heteroatoms. The van der Waals surface area contributed by atoms with Gasteiger partial charge in [0.1, 0.15) is 11.5 Å². The number of phenolic OH excluding ortho intramolecular Hbond substituents is 1. The van der Waals surface area contributed by atoms with Crippen LogP contribution in [0.2, 0.25) is 0 Å². The van der Waals surface area contributed by atoms with Crippen molar-refractivity contribution in [2.24, 2.45) is 5.10 Å². The number of nitrogens with one attached hydrogen (secondary N) is 1. The molecule has 0 saturated heterocycles. The number of carbonyl (C=O) groups excluding carboxylic acids is 1. The Morgan fingerprint density at radius 1 is 1.16 bits per heavy atom. The summed E-state index contributed by atoms with van der Waals surface area (Å²) in [7, 11) is 0. The molecule has 0 saturated carbocycles. The molecule has 126 valence electrons. The number of furan rings is 1. The lowest BCUT2D eigenvalue weighted by Crippen LogP contribution is -2.17. The largest absolute Gasteiger partial charge is 0.507 e. The number of nitrogens with zero attached hydrogens (tertiary/aromatic N) is 1. The number of aromatic hydroxyl groups is 1. The lowest BCUT2D eigenvalue weighted by atomic mass is 10.2. The highest BCUT2D eigenvalue weighted by molar-refractivity contribution is 9.10. The predicted octanol–water partition coefficient (Wildman–Crippen LogP) is 4.66. The van der Waals surface area contributed by atoms with Gasteiger partial charge in [-0.1, -0.05) is 45.9 Å². The van der Waals surface area contributed by atoms with Crippen LogP contribution in [-0.4, -0.2) is 17.2 Å². The van der Waals surface area contributed by atoms with E-state index in [2.05, 4.69) is 26.5 Å². The van der Waals surface area contributed by atoms with Gasteiger partial charge < -0.3 is 9.52 Å². The van der Waals surface area contributed by atoms with E-state index in [0.717, 1.165) is 9.99 Å². The molecule has 2 aromatic carbocycles. The normalized spacial score (nSPS) is 10.9. The van der Waals surface area contributed by atoms with Gasteiger partial charge in [-0.05, 0) is 42.5 Å². The minimum absolute atomic E-state index is 0.115. The molecule has 3 rings (SSSR count). The van der Waals surface area contributed by atoms with Gasteiger partial charge in [-0.15, -0.1) is 0 Å². The maximum atomic E-state index is 12.0. The molecule has 25 heavy (non-hydrogen) atoms. The summed E-state index contributed by atoms with van der Waals surface area (Å²) in [6.07, 6.45) is 1.40. The molecule has 0 spiro atoms. The van der Waals surface area contributed by atoms with Crippen molar-refractivity contribution in [1.29, 1.82) is 0 Å². The molecule has 1 amide bonds. The zero-order valence-electron chi connectivity index (χ0n) is 12.8. The molecule has 0 aliphatic carbocycles. The molecule has 0 unspecified atom stereocenters. The molecule has 1 aromatic heterocycles. The van der Waals surface area contributed by atoms with Gasteiger partial charge in [0.2, 0.25) is 0 Å². The summed E-state index contributed by atoms with van der Waals surface area (Å²) in [5, 5.41) is 14.3. The Kier molecular flexibility index (Phi) is 5.57. The summed E-state index contributed by atoms with van der Waals surface area (Å²) in [6, 6.07) is 18.0. The van der Waals surface area contributed by atoms with Crippen LogP contribution in [0.1, 0.15) is 16.1 Å². The highest BCUT2D eigenvalue weighted by atomic mass is 79.9. The highest BCUT2D eigenvalue weighted by Gasteiger charge is 2.10. The quantitative estimate of drug-likeness (QED) is 0.468. The van der Waals surface area contributed by atoms with Crippen molar-refractivity contribution in [3.8, 4) is 5.75 Å². The van der Waals surface area contributed by atoms with Gasteiger partial charge in [-0.2, -0.15) is 5.10 Å². The first kappa shape index (κ1) is 17.3. The Morgan fingerprint density at radius 3 is 2.76 bits per heavy atom. The van der Waals surface area contributed by atoms with Crippen LogP contribution >= 0.6 is 27.7 Å². The first-order valence-electron chi connectivity index (χ1n) is 7.26. The van der Waals surface area contributed by atoms with Crippen molar-refractivity contribution >= 4 is 39.8 Å². The zero-order chi connectivity index (χ0) is 17.6. The van der Waals surface area contributed by atoms with Crippen LogP contribution < -0.4 is 5.43 Å². The number of amides is 1. The van der Waals surface area contributed by atoms with Crippen LogP contribution in [-0.2, 0) is 0 Å². The van der Waals surface area contributed by atoms with Gasteiger partial charge in [-0.3, -0.25) is 4.79 Å². The summed E-state index contributed by atoms with van der Waals surface area (Å²) < 4.78 is 6.31. The Balaban J connectivity index is 1.61. The molecular formula is C18H13BrN2O3S. The van der Waals surface area contributed by atoms with E-state index < -0.39 is 5.91 Å². The Labute approximate surface area is 156 Å². The van der Waals surface area contributed by atoms with E-state index in [-0.39, 0.29) is 11.3 Å². The fraction of sp³-hybridized carbons (Fsp3) is 0. The summed E-state index contributed by atoms with van der Waals surface area (Å²) >= 11 is 4.75. The second kappa shape index (κ2) is 8.04. The van der Waals surface area contributed by atoms with Crippen molar-refractivity contribution in [2.45, 2.75) is 9.99 Å². The lowest BCUT2D eigenvalue weighted by molar-refractivity contribution is 0.0952. The third-order valence-electron chi connectivity index (χ3n) is 3.12. The molecule has 0 aliphatic rings. The van der Waals surface area contributed by atoms with Crippen LogP contribution in [0.5, 0.6) is 5.75 Å². The molecule has 1 heterocycles. The lowest BCUT2D eigenvalue weighted by Gasteiger charge is -2.03. The zero-order valence-corrected chi connectivity index (χ0v) is 15.3. The molecule has 0 bridgehead atoms. The third-order valence-corrected chi connectivity index (χ3v) is 4.55. The Morgan fingerprint density at radius 2 is 1.96 bits per heavy atom. The van der Waals surface area contributed by atoms with Crippen LogP contribution in [0.3, 0.4) is 0 Å². The van der Waals surface area contributed by atoms with E-state index in [9.17, 15) is 9.90 Å². The fourth-order valence-corrected chi connectivity index (χ4v) is 3.13. The van der Waals surface area contributed by atoms with Crippen molar-refractivity contribution in [3.63, 3.8) is 0 Å². The van der Waals surface area contributed by atoms with Crippen molar-refractivity contribution < 1.29 is 14.3 Å². The van der Waals surface area contributed by atoms with Crippen molar-refractivity contribution in [3.05, 3.63) is 76.5 Å². The number of rotatable bonds is 5. The fourth-order valence-electron chi connectivity index (χ4n) is 1.97. The summed E-state index contributed by atoms with van der Waals surface area (Å²) in [5.41, 5.74) is 2.49. The second-order valence-corrected chi connectivity index (χ2v) is 6.93. The molecule has 5 nitrogen and oxygen atoms in total. The van der Waals surface area contributed by atoms with Crippen LogP contribution in [0, 0.1) is 0 Å². The van der Waals surface area contributed by atoms with Gasteiger partial charge in [0, 0.05) is 9.37 Å². The van der Waals surface area contributed by atoms with E-state index in [4.69, 9.17) is 4.42 Å². The predicted molar refractivity (Wildman–Crippen MR) is 100 cm³/mol. The smallest absolute Gasteiger partial charge is 0.275 e. The van der Waals surface area contributed by atoms with Crippen LogP contribution in [0.25, 0.3) is 0 Å². The third kappa shape index (κ3) is 4.74. The number of benzene rings is 2. The molecule has 0 fully saturated rings. The SMILES string of the molecule is O=C(N/N=C\c1ccc(Sc2ccccc2)o1)c1cc(Br)ccc1O. The number of hydrogen-bond donors (Lipinski definition) is 2. The number of halogens is 1. The maximum absolute atomic E-state index is 12.0. The average molecular weight is 417 g/mol. The molecule has 0 radical (unpaired) electrons. The number of hydrogen-bond acceptors (Lipinski definition) is 5. The highest BCUT2D eigenvalue weighted by Crippen LogP contribution is 2.28. The van der Waals surface area contributed by atoms with E-state index in [1.807, 2.05) is 36.4 Å². The first-order valence-corrected chi connectivity index (χ1v) is 8.87. The number of carbonyl (C=O) groups is 1. The maximum Gasteiger partial charge on any atom is 0.275 e. The Hall–Kier alpha value is -2.51. The minimum Gasteiger partial charge on any atom is -0.507 e. The van der Waals surface area contributed by atoms with E-state index in [1.54, 1.807) is 12.1 Å². The number of hydrazone groups is 1. The van der Waals surface area contributed by atoms with Crippen molar-refractivity contribution in [2.75, 3.05) is 0 Å². The summed E-state index contributed by atoms with van der Waals surface area (Å²) in [5.74, 6) is -0.117. The van der Waals surface area contributed by atoms with Gasteiger partial charge >= 0.3 is 0 Å². The molecular weight excluding hydrogens is 404 g/mol. The second-order valence-electron chi connectivity index (χ2n) is 4.93. The molecule has 2 N–H and O–H groups in total. The topological polar surface area (TPSA) is 74.8 Å². The minimum atomic E-state index is -0.513. The van der Waals surface area contributed by atoms with Gasteiger partial charge in [0.05, 0.1) is 11.8 Å².